The Morgan fingerprint density at radius 1 is 0.941 bits per heavy atom. The van der Waals surface area contributed by atoms with Crippen LogP contribution in [-0.2, 0) is 25.7 Å². The van der Waals surface area contributed by atoms with Crippen LogP contribution in [0.1, 0.15) is 132 Å². The SMILES string of the molecule is C=C(C)[C@@H]1C[C@@H](CC(=O)NCc2ccc(Cl)cc2)C2CC[C@]3(C)[C@H](CC[C@@H]4[C@@]5(C)CC[C@H](OC(=O)CC(C)(C)C(=O)O)C(C)(C)[C@@H]5CC[C@]43C)[C@H]21. The number of carbonyl (C=O) groups excluding carboxylic acids is 2. The predicted molar refractivity (Wildman–Crippen MR) is 203 cm³/mol. The molecular formula is C44H64ClNO5. The van der Waals surface area contributed by atoms with E-state index in [9.17, 15) is 19.5 Å². The number of benzene rings is 1. The monoisotopic (exact) mass is 721 g/mol. The van der Waals surface area contributed by atoms with Crippen molar-refractivity contribution in [3.8, 4) is 0 Å². The lowest BCUT2D eigenvalue weighted by Crippen LogP contribution is -2.66. The summed E-state index contributed by atoms with van der Waals surface area (Å²) in [5, 5.41) is 13.5. The summed E-state index contributed by atoms with van der Waals surface area (Å²) in [5.41, 5.74) is 1.62. The molecule has 5 saturated carbocycles. The van der Waals surface area contributed by atoms with Crippen LogP contribution >= 0.6 is 11.6 Å². The van der Waals surface area contributed by atoms with Crippen LogP contribution in [0.25, 0.3) is 0 Å². The average Bonchev–Trinajstić information content (AvgIpc) is 3.40. The Morgan fingerprint density at radius 3 is 2.25 bits per heavy atom. The minimum atomic E-state index is -1.14. The van der Waals surface area contributed by atoms with Crippen molar-refractivity contribution in [2.75, 3.05) is 0 Å². The minimum Gasteiger partial charge on any atom is -0.481 e. The second-order valence-electron chi connectivity index (χ2n) is 19.7. The predicted octanol–water partition coefficient (Wildman–Crippen LogP) is 10.3. The zero-order valence-electron chi connectivity index (χ0n) is 32.6. The zero-order valence-corrected chi connectivity index (χ0v) is 33.3. The van der Waals surface area contributed by atoms with Gasteiger partial charge >= 0.3 is 11.9 Å². The fourth-order valence-corrected chi connectivity index (χ4v) is 13.6. The molecule has 0 aliphatic heterocycles. The Bertz CT molecular complexity index is 1530. The van der Waals surface area contributed by atoms with E-state index < -0.39 is 17.4 Å². The molecule has 1 unspecified atom stereocenters. The second-order valence-corrected chi connectivity index (χ2v) is 20.1. The van der Waals surface area contributed by atoms with E-state index in [1.54, 1.807) is 13.8 Å². The number of carboxylic acids is 1. The molecule has 0 heterocycles. The Balaban J connectivity index is 1.18. The number of ether oxygens (including phenoxy) is 1. The highest BCUT2D eigenvalue weighted by Gasteiger charge is 2.70. The number of amides is 1. The smallest absolute Gasteiger partial charge is 0.309 e. The van der Waals surface area contributed by atoms with Crippen molar-refractivity contribution in [2.24, 2.45) is 68.5 Å². The van der Waals surface area contributed by atoms with Crippen molar-refractivity contribution in [3.05, 3.63) is 47.0 Å². The maximum atomic E-state index is 13.4. The van der Waals surface area contributed by atoms with Crippen molar-refractivity contribution < 1.29 is 24.2 Å². The van der Waals surface area contributed by atoms with E-state index in [2.05, 4.69) is 53.4 Å². The molecule has 6 rings (SSSR count). The summed E-state index contributed by atoms with van der Waals surface area (Å²) < 4.78 is 6.17. The number of aliphatic carboxylic acids is 1. The molecule has 282 valence electrons. The van der Waals surface area contributed by atoms with Gasteiger partial charge in [0, 0.05) is 23.4 Å². The zero-order chi connectivity index (χ0) is 37.3. The summed E-state index contributed by atoms with van der Waals surface area (Å²) >= 11 is 6.07. The lowest BCUT2D eigenvalue weighted by atomic mass is 9.33. The van der Waals surface area contributed by atoms with Crippen molar-refractivity contribution in [1.29, 1.82) is 0 Å². The third-order valence-corrected chi connectivity index (χ3v) is 16.6. The third kappa shape index (κ3) is 6.50. The van der Waals surface area contributed by atoms with E-state index in [4.69, 9.17) is 16.3 Å². The highest BCUT2D eigenvalue weighted by atomic mass is 35.5. The standard InChI is InChI=1S/C44H64ClNO5/c1-26(2)31-22-28(23-36(47)46-25-27-10-12-29(45)13-11-27)30-16-20-43(8)32(38(30)31)14-15-34-42(7)19-18-35(51-37(48)24-40(3,4)39(49)50)41(5,6)33(42)17-21-44(34,43)9/h10-13,28,30-35,38H,1,14-25H2,2-9H3,(H,46,47)(H,49,50)/t28-,30?,31-,32+,33-,34+,35-,38+,42-,43+,44+/m0/s1. The summed E-state index contributed by atoms with van der Waals surface area (Å²) in [6.45, 7) is 23.0. The van der Waals surface area contributed by atoms with Gasteiger partial charge in [-0.25, -0.2) is 0 Å². The summed E-state index contributed by atoms with van der Waals surface area (Å²) in [4.78, 5) is 38.1. The number of halogens is 1. The van der Waals surface area contributed by atoms with Gasteiger partial charge in [0.1, 0.15) is 6.10 Å². The van der Waals surface area contributed by atoms with E-state index in [-0.39, 0.29) is 40.1 Å². The highest BCUT2D eigenvalue weighted by Crippen LogP contribution is 2.76. The Morgan fingerprint density at radius 2 is 1.61 bits per heavy atom. The number of carboxylic acid groups (broad SMARTS) is 1. The largest absolute Gasteiger partial charge is 0.481 e. The van der Waals surface area contributed by atoms with Gasteiger partial charge in [-0.05, 0) is 154 Å². The summed E-state index contributed by atoms with van der Waals surface area (Å²) in [5.74, 6) is 2.46. The molecule has 1 amide bonds. The molecule has 5 aliphatic rings. The van der Waals surface area contributed by atoms with E-state index in [1.165, 1.54) is 37.7 Å². The fraction of sp³-hybridized carbons (Fsp3) is 0.750. The molecule has 5 fully saturated rings. The normalized spacial score (nSPS) is 39.8. The van der Waals surface area contributed by atoms with E-state index >= 15 is 0 Å². The van der Waals surface area contributed by atoms with E-state index in [0.717, 1.165) is 31.2 Å². The molecule has 7 heteroatoms. The maximum absolute atomic E-state index is 13.4. The summed E-state index contributed by atoms with van der Waals surface area (Å²) in [6, 6.07) is 7.70. The molecule has 1 aromatic rings. The van der Waals surface area contributed by atoms with Gasteiger partial charge in [0.15, 0.2) is 0 Å². The number of nitrogens with one attached hydrogen (secondary N) is 1. The topological polar surface area (TPSA) is 92.7 Å². The lowest BCUT2D eigenvalue weighted by Gasteiger charge is -2.72. The molecule has 2 N–H and O–H groups in total. The highest BCUT2D eigenvalue weighted by molar-refractivity contribution is 6.30. The molecule has 5 aliphatic carbocycles. The van der Waals surface area contributed by atoms with Crippen LogP contribution in [0.15, 0.2) is 36.4 Å². The Kier molecular flexibility index (Phi) is 10.2. The molecule has 0 bridgehead atoms. The van der Waals surface area contributed by atoms with Gasteiger partial charge < -0.3 is 15.2 Å². The van der Waals surface area contributed by atoms with Crippen LogP contribution in [0.4, 0.5) is 0 Å². The lowest BCUT2D eigenvalue weighted by molar-refractivity contribution is -0.245. The van der Waals surface area contributed by atoms with Gasteiger partial charge in [-0.3, -0.25) is 14.4 Å². The van der Waals surface area contributed by atoms with Gasteiger partial charge in [-0.2, -0.15) is 0 Å². The molecule has 6 nitrogen and oxygen atoms in total. The Labute approximate surface area is 312 Å². The van der Waals surface area contributed by atoms with E-state index in [1.807, 2.05) is 24.3 Å². The first-order chi connectivity index (χ1) is 23.7. The first-order valence-electron chi connectivity index (χ1n) is 19.8. The Hall–Kier alpha value is -2.34. The molecule has 0 aromatic heterocycles. The number of allylic oxidation sites excluding steroid dienone is 1. The van der Waals surface area contributed by atoms with Crippen LogP contribution < -0.4 is 5.32 Å². The van der Waals surface area contributed by atoms with Crippen LogP contribution in [0, 0.1) is 68.5 Å². The molecule has 0 saturated heterocycles. The molecule has 51 heavy (non-hydrogen) atoms. The minimum absolute atomic E-state index is 0.112. The van der Waals surface area contributed by atoms with Crippen molar-refractivity contribution in [1.82, 2.24) is 5.32 Å². The van der Waals surface area contributed by atoms with Crippen LogP contribution in [-0.4, -0.2) is 29.1 Å². The molecule has 0 spiro atoms. The van der Waals surface area contributed by atoms with Gasteiger partial charge in [-0.15, -0.1) is 0 Å². The van der Waals surface area contributed by atoms with Crippen molar-refractivity contribution in [2.45, 2.75) is 139 Å². The summed E-state index contributed by atoms with van der Waals surface area (Å²) in [6.07, 6.45) is 10.4. The van der Waals surface area contributed by atoms with Crippen molar-refractivity contribution in [3.63, 3.8) is 0 Å². The number of rotatable bonds is 9. The fourth-order valence-electron chi connectivity index (χ4n) is 13.5. The third-order valence-electron chi connectivity index (χ3n) is 16.4. The summed E-state index contributed by atoms with van der Waals surface area (Å²) in [7, 11) is 0. The molecular weight excluding hydrogens is 658 g/mol. The quantitative estimate of drug-likeness (QED) is 0.196. The van der Waals surface area contributed by atoms with Crippen molar-refractivity contribution >= 4 is 29.4 Å². The number of hydrogen-bond acceptors (Lipinski definition) is 4. The molecule has 11 atom stereocenters. The molecule has 0 radical (unpaired) electrons. The van der Waals surface area contributed by atoms with Gasteiger partial charge in [-0.1, -0.05) is 70.5 Å². The van der Waals surface area contributed by atoms with Crippen LogP contribution in [0.5, 0.6) is 0 Å². The van der Waals surface area contributed by atoms with Gasteiger partial charge in [0.2, 0.25) is 5.91 Å². The van der Waals surface area contributed by atoms with Crippen LogP contribution in [0.2, 0.25) is 5.02 Å². The van der Waals surface area contributed by atoms with Gasteiger partial charge in [0.25, 0.3) is 0 Å². The molecule has 1 aromatic carbocycles. The maximum Gasteiger partial charge on any atom is 0.309 e. The number of hydrogen-bond donors (Lipinski definition) is 2. The van der Waals surface area contributed by atoms with E-state index in [0.29, 0.717) is 59.4 Å². The number of fused-ring (bicyclic) bond motifs is 7. The van der Waals surface area contributed by atoms with Crippen LogP contribution in [0.3, 0.4) is 0 Å². The number of esters is 1. The first kappa shape index (κ1) is 38.4. The average molecular weight is 722 g/mol. The number of carbonyl (C=O) groups is 3. The second kappa shape index (κ2) is 13.5. The van der Waals surface area contributed by atoms with Gasteiger partial charge in [0.05, 0.1) is 11.8 Å². The first-order valence-corrected chi connectivity index (χ1v) is 20.2.